The SMILES string of the molecule is CC1=NN(c2ccc(C(=O)N(CCC#N)Cc3cccnc3)cc2)CC1. The fourth-order valence-corrected chi connectivity index (χ4v) is 2.87. The number of anilines is 1. The lowest BCUT2D eigenvalue weighted by Crippen LogP contribution is -2.31. The molecule has 1 aliphatic rings. The van der Waals surface area contributed by atoms with Crippen molar-refractivity contribution < 1.29 is 4.79 Å². The highest BCUT2D eigenvalue weighted by Crippen LogP contribution is 2.21. The van der Waals surface area contributed by atoms with Crippen LogP contribution in [0.1, 0.15) is 35.7 Å². The van der Waals surface area contributed by atoms with Crippen LogP contribution in [0, 0.1) is 11.3 Å². The van der Waals surface area contributed by atoms with Crippen molar-refractivity contribution in [3.8, 4) is 6.07 Å². The van der Waals surface area contributed by atoms with Gasteiger partial charge >= 0.3 is 0 Å². The van der Waals surface area contributed by atoms with E-state index in [1.54, 1.807) is 17.3 Å². The van der Waals surface area contributed by atoms with Crippen molar-refractivity contribution >= 4 is 17.3 Å². The molecule has 0 spiro atoms. The number of hydrazone groups is 1. The fraction of sp³-hybridized carbons (Fsp3) is 0.300. The van der Waals surface area contributed by atoms with E-state index in [0.29, 0.717) is 25.1 Å². The summed E-state index contributed by atoms with van der Waals surface area (Å²) in [5.41, 5.74) is 3.64. The summed E-state index contributed by atoms with van der Waals surface area (Å²) in [6.07, 6.45) is 4.70. The quantitative estimate of drug-likeness (QED) is 0.804. The van der Waals surface area contributed by atoms with E-state index in [1.807, 2.05) is 48.3 Å². The molecule has 0 bridgehead atoms. The Kier molecular flexibility index (Phi) is 5.59. The van der Waals surface area contributed by atoms with E-state index < -0.39 is 0 Å². The summed E-state index contributed by atoms with van der Waals surface area (Å²) in [7, 11) is 0. The van der Waals surface area contributed by atoms with Crippen molar-refractivity contribution in [2.24, 2.45) is 5.10 Å². The predicted octanol–water partition coefficient (Wildman–Crippen LogP) is 3.22. The van der Waals surface area contributed by atoms with E-state index in [9.17, 15) is 4.79 Å². The second-order valence-electron chi connectivity index (χ2n) is 6.25. The van der Waals surface area contributed by atoms with Crippen LogP contribution in [0.25, 0.3) is 0 Å². The molecule has 1 aromatic heterocycles. The molecule has 0 aliphatic carbocycles. The Morgan fingerprint density at radius 3 is 2.73 bits per heavy atom. The van der Waals surface area contributed by atoms with Crippen LogP contribution in [0.5, 0.6) is 0 Å². The largest absolute Gasteiger partial charge is 0.333 e. The second-order valence-corrected chi connectivity index (χ2v) is 6.25. The number of pyridine rings is 1. The average molecular weight is 347 g/mol. The third-order valence-corrected chi connectivity index (χ3v) is 4.27. The number of amides is 1. The van der Waals surface area contributed by atoms with E-state index in [-0.39, 0.29) is 5.91 Å². The van der Waals surface area contributed by atoms with E-state index in [0.717, 1.165) is 29.9 Å². The maximum Gasteiger partial charge on any atom is 0.254 e. The summed E-state index contributed by atoms with van der Waals surface area (Å²) in [6, 6.07) is 13.4. The van der Waals surface area contributed by atoms with Crippen LogP contribution in [0.15, 0.2) is 53.9 Å². The van der Waals surface area contributed by atoms with Crippen molar-refractivity contribution in [2.75, 3.05) is 18.1 Å². The summed E-state index contributed by atoms with van der Waals surface area (Å²) >= 11 is 0. The molecule has 2 heterocycles. The molecule has 6 heteroatoms. The lowest BCUT2D eigenvalue weighted by Gasteiger charge is -2.22. The lowest BCUT2D eigenvalue weighted by atomic mass is 10.1. The van der Waals surface area contributed by atoms with Crippen molar-refractivity contribution in [1.29, 1.82) is 5.26 Å². The summed E-state index contributed by atoms with van der Waals surface area (Å²) in [6.45, 7) is 3.71. The smallest absolute Gasteiger partial charge is 0.254 e. The molecule has 0 radical (unpaired) electrons. The number of carbonyl (C=O) groups excluding carboxylic acids is 1. The first-order valence-electron chi connectivity index (χ1n) is 8.64. The number of carbonyl (C=O) groups is 1. The monoisotopic (exact) mass is 347 g/mol. The third-order valence-electron chi connectivity index (χ3n) is 4.27. The van der Waals surface area contributed by atoms with Gasteiger partial charge < -0.3 is 4.90 Å². The van der Waals surface area contributed by atoms with Gasteiger partial charge in [0.1, 0.15) is 0 Å². The minimum Gasteiger partial charge on any atom is -0.333 e. The molecule has 1 aromatic carbocycles. The third kappa shape index (κ3) is 4.25. The van der Waals surface area contributed by atoms with Crippen LogP contribution in [-0.4, -0.2) is 34.6 Å². The van der Waals surface area contributed by atoms with E-state index in [2.05, 4.69) is 16.2 Å². The highest BCUT2D eigenvalue weighted by Gasteiger charge is 2.18. The summed E-state index contributed by atoms with van der Waals surface area (Å²) < 4.78 is 0. The molecule has 0 unspecified atom stereocenters. The number of nitrogens with zero attached hydrogens (tertiary/aromatic N) is 5. The molecular formula is C20H21N5O. The van der Waals surface area contributed by atoms with Gasteiger partial charge in [0, 0.05) is 49.7 Å². The fourth-order valence-electron chi connectivity index (χ4n) is 2.87. The summed E-state index contributed by atoms with van der Waals surface area (Å²) in [5, 5.41) is 15.3. The molecule has 0 atom stereocenters. The normalized spacial score (nSPS) is 13.2. The van der Waals surface area contributed by atoms with Crippen LogP contribution in [-0.2, 0) is 6.54 Å². The zero-order valence-corrected chi connectivity index (χ0v) is 14.8. The Balaban J connectivity index is 1.74. The minimum absolute atomic E-state index is 0.0863. The maximum absolute atomic E-state index is 12.9. The summed E-state index contributed by atoms with van der Waals surface area (Å²) in [4.78, 5) is 18.7. The Labute approximate surface area is 153 Å². The first-order chi connectivity index (χ1) is 12.7. The van der Waals surface area contributed by atoms with Crippen LogP contribution >= 0.6 is 0 Å². The van der Waals surface area contributed by atoms with Crippen molar-refractivity contribution in [1.82, 2.24) is 9.88 Å². The van der Waals surface area contributed by atoms with Gasteiger partial charge in [-0.2, -0.15) is 10.4 Å². The number of hydrogen-bond acceptors (Lipinski definition) is 5. The Bertz CT molecular complexity index is 824. The van der Waals surface area contributed by atoms with Crippen LogP contribution in [0.2, 0.25) is 0 Å². The molecule has 1 aliphatic heterocycles. The van der Waals surface area contributed by atoms with Crippen LogP contribution in [0.4, 0.5) is 5.69 Å². The second kappa shape index (κ2) is 8.26. The molecule has 3 rings (SSSR count). The van der Waals surface area contributed by atoms with Gasteiger partial charge in [-0.3, -0.25) is 14.8 Å². The van der Waals surface area contributed by atoms with Gasteiger partial charge in [0.05, 0.1) is 18.2 Å². The molecule has 0 saturated carbocycles. The van der Waals surface area contributed by atoms with E-state index in [4.69, 9.17) is 5.26 Å². The molecule has 0 N–H and O–H groups in total. The number of aromatic nitrogens is 1. The van der Waals surface area contributed by atoms with Gasteiger partial charge in [-0.25, -0.2) is 0 Å². The molecule has 0 fully saturated rings. The molecular weight excluding hydrogens is 326 g/mol. The predicted molar refractivity (Wildman–Crippen MR) is 101 cm³/mol. The topological polar surface area (TPSA) is 72.6 Å². The Hall–Kier alpha value is -3.20. The van der Waals surface area contributed by atoms with Crippen LogP contribution < -0.4 is 5.01 Å². The molecule has 6 nitrogen and oxygen atoms in total. The Morgan fingerprint density at radius 1 is 1.31 bits per heavy atom. The van der Waals surface area contributed by atoms with Crippen molar-refractivity contribution in [3.05, 3.63) is 59.9 Å². The first kappa shape index (κ1) is 17.6. The first-order valence-corrected chi connectivity index (χ1v) is 8.64. The zero-order valence-electron chi connectivity index (χ0n) is 14.8. The van der Waals surface area contributed by atoms with Gasteiger partial charge in [0.25, 0.3) is 5.91 Å². The lowest BCUT2D eigenvalue weighted by molar-refractivity contribution is 0.0747. The molecule has 26 heavy (non-hydrogen) atoms. The highest BCUT2D eigenvalue weighted by molar-refractivity contribution is 5.94. The van der Waals surface area contributed by atoms with E-state index >= 15 is 0 Å². The minimum atomic E-state index is -0.0863. The molecule has 132 valence electrons. The number of nitriles is 1. The molecule has 1 amide bonds. The van der Waals surface area contributed by atoms with Gasteiger partial charge in [-0.05, 0) is 42.8 Å². The van der Waals surface area contributed by atoms with Gasteiger partial charge in [0.15, 0.2) is 0 Å². The highest BCUT2D eigenvalue weighted by atomic mass is 16.2. The zero-order chi connectivity index (χ0) is 18.4. The van der Waals surface area contributed by atoms with Crippen molar-refractivity contribution in [3.63, 3.8) is 0 Å². The van der Waals surface area contributed by atoms with Gasteiger partial charge in [-0.15, -0.1) is 0 Å². The summed E-state index contributed by atoms with van der Waals surface area (Å²) in [5.74, 6) is -0.0863. The van der Waals surface area contributed by atoms with E-state index in [1.165, 1.54) is 0 Å². The number of hydrogen-bond donors (Lipinski definition) is 0. The maximum atomic E-state index is 12.9. The van der Waals surface area contributed by atoms with Crippen molar-refractivity contribution in [2.45, 2.75) is 26.3 Å². The number of benzene rings is 1. The number of rotatable bonds is 6. The molecule has 0 saturated heterocycles. The molecule has 2 aromatic rings. The van der Waals surface area contributed by atoms with Crippen LogP contribution in [0.3, 0.4) is 0 Å². The van der Waals surface area contributed by atoms with Gasteiger partial charge in [0.2, 0.25) is 0 Å². The Morgan fingerprint density at radius 2 is 2.12 bits per heavy atom. The standard InChI is InChI=1S/C20H21N5O/c1-16-9-13-25(23-16)19-7-5-18(6-8-19)20(26)24(12-3-10-21)15-17-4-2-11-22-14-17/h2,4-8,11,14H,3,9,12-13,15H2,1H3. The van der Waals surface area contributed by atoms with Gasteiger partial charge in [-0.1, -0.05) is 6.07 Å². The average Bonchev–Trinajstić information content (AvgIpc) is 3.12.